The largest absolute Gasteiger partial charge is 0.497 e. The molecule has 0 radical (unpaired) electrons. The molecule has 0 aliphatic carbocycles. The molecule has 1 aliphatic rings. The Hall–Kier alpha value is -3.37. The molecule has 1 aliphatic heterocycles. The summed E-state index contributed by atoms with van der Waals surface area (Å²) in [6.45, 7) is 0. The molecule has 0 fully saturated rings. The van der Waals surface area contributed by atoms with E-state index in [-0.39, 0.29) is 0 Å². The normalized spacial score (nSPS) is 12.2. The van der Waals surface area contributed by atoms with Gasteiger partial charge in [0.25, 0.3) is 0 Å². The van der Waals surface area contributed by atoms with E-state index < -0.39 is 0 Å². The summed E-state index contributed by atoms with van der Waals surface area (Å²) in [5.74, 6) is 1.74. The number of anilines is 2. The van der Waals surface area contributed by atoms with Crippen LogP contribution < -0.4 is 14.4 Å². The molecule has 0 amide bonds. The maximum atomic E-state index is 5.29. The molecule has 0 saturated carbocycles. The molecule has 0 aromatic heterocycles. The quantitative estimate of drug-likeness (QED) is 0.343. The van der Waals surface area contributed by atoms with Gasteiger partial charge in [0, 0.05) is 16.8 Å². The van der Waals surface area contributed by atoms with E-state index in [9.17, 15) is 0 Å². The number of hydrogen-bond donors (Lipinski definition) is 0. The van der Waals surface area contributed by atoms with Gasteiger partial charge >= 0.3 is 0 Å². The molecule has 31 heavy (non-hydrogen) atoms. The van der Waals surface area contributed by atoms with Crippen LogP contribution in [0.2, 0.25) is 0 Å². The fourth-order valence-corrected chi connectivity index (χ4v) is 5.15. The third kappa shape index (κ3) is 3.64. The molecular formula is C27H23NO2S. The molecule has 4 heteroatoms. The van der Waals surface area contributed by atoms with E-state index in [1.54, 1.807) is 14.2 Å². The van der Waals surface area contributed by atoms with Crippen molar-refractivity contribution in [3.63, 3.8) is 0 Å². The zero-order valence-electron chi connectivity index (χ0n) is 17.8. The Morgan fingerprint density at radius 2 is 0.935 bits per heavy atom. The Morgan fingerprint density at radius 3 is 1.32 bits per heavy atom. The Morgan fingerprint density at radius 1 is 0.548 bits per heavy atom. The van der Waals surface area contributed by atoms with Crippen molar-refractivity contribution < 1.29 is 9.47 Å². The van der Waals surface area contributed by atoms with Gasteiger partial charge in [0.2, 0.25) is 0 Å². The molecule has 154 valence electrons. The fourth-order valence-electron chi connectivity index (χ4n) is 3.92. The lowest BCUT2D eigenvalue weighted by molar-refractivity contribution is 0.415. The van der Waals surface area contributed by atoms with E-state index in [1.807, 2.05) is 36.0 Å². The van der Waals surface area contributed by atoms with Crippen LogP contribution in [0, 0.1) is 0 Å². The number of methoxy groups -OCH3 is 2. The first-order valence-electron chi connectivity index (χ1n) is 10.1. The number of ether oxygens (including phenoxy) is 2. The molecular weight excluding hydrogens is 402 g/mol. The smallest absolute Gasteiger partial charge is 0.118 e. The number of fused-ring (bicyclic) bond motifs is 2. The van der Waals surface area contributed by atoms with Crippen molar-refractivity contribution in [1.82, 2.24) is 0 Å². The maximum absolute atomic E-state index is 5.29. The summed E-state index contributed by atoms with van der Waals surface area (Å²) in [7, 11) is 5.52. The third-order valence-corrected chi connectivity index (χ3v) is 6.80. The molecule has 0 unspecified atom stereocenters. The molecule has 0 atom stereocenters. The van der Waals surface area contributed by atoms with Gasteiger partial charge < -0.3 is 14.4 Å². The van der Waals surface area contributed by atoms with Crippen molar-refractivity contribution in [2.45, 2.75) is 9.79 Å². The van der Waals surface area contributed by atoms with Crippen LogP contribution in [-0.4, -0.2) is 21.3 Å². The maximum Gasteiger partial charge on any atom is 0.118 e. The van der Waals surface area contributed by atoms with Gasteiger partial charge in [-0.15, -0.1) is 0 Å². The standard InChI is InChI=1S/C27H23NO2S/c1-28-24-14-8-20(18-4-10-22(29-2)11-5-18)16-26(24)31-27-17-21(9-15-25(27)28)19-6-12-23(30-3)13-7-19/h4-17H,1-3H3. The average Bonchev–Trinajstić information content (AvgIpc) is 2.83. The van der Waals surface area contributed by atoms with Crippen molar-refractivity contribution >= 4 is 23.1 Å². The molecule has 0 N–H and O–H groups in total. The minimum absolute atomic E-state index is 0.871. The minimum atomic E-state index is 0.871. The lowest BCUT2D eigenvalue weighted by Gasteiger charge is -2.30. The number of hydrogen-bond acceptors (Lipinski definition) is 4. The average molecular weight is 426 g/mol. The summed E-state index contributed by atoms with van der Waals surface area (Å²) >= 11 is 1.83. The van der Waals surface area contributed by atoms with E-state index in [0.717, 1.165) is 11.5 Å². The Labute approximate surface area is 187 Å². The van der Waals surface area contributed by atoms with Crippen molar-refractivity contribution in [2.24, 2.45) is 0 Å². The fraction of sp³-hybridized carbons (Fsp3) is 0.111. The summed E-state index contributed by atoms with van der Waals surface area (Å²) in [5.41, 5.74) is 7.24. The van der Waals surface area contributed by atoms with Crippen LogP contribution in [0.1, 0.15) is 0 Å². The highest BCUT2D eigenvalue weighted by atomic mass is 32.2. The highest BCUT2D eigenvalue weighted by Gasteiger charge is 2.21. The van der Waals surface area contributed by atoms with E-state index in [4.69, 9.17) is 9.47 Å². The minimum Gasteiger partial charge on any atom is -0.497 e. The third-order valence-electron chi connectivity index (χ3n) is 5.71. The monoisotopic (exact) mass is 425 g/mol. The summed E-state index contributed by atoms with van der Waals surface area (Å²) in [6, 6.07) is 29.8. The second-order valence-corrected chi connectivity index (χ2v) is 8.57. The number of rotatable bonds is 4. The summed E-state index contributed by atoms with van der Waals surface area (Å²) in [5, 5.41) is 0. The van der Waals surface area contributed by atoms with Crippen molar-refractivity contribution in [2.75, 3.05) is 26.2 Å². The zero-order valence-corrected chi connectivity index (χ0v) is 18.6. The van der Waals surface area contributed by atoms with Crippen LogP contribution in [0.3, 0.4) is 0 Å². The van der Waals surface area contributed by atoms with Gasteiger partial charge in [-0.2, -0.15) is 0 Å². The van der Waals surface area contributed by atoms with E-state index >= 15 is 0 Å². The molecule has 4 aromatic rings. The van der Waals surface area contributed by atoms with Gasteiger partial charge in [0.1, 0.15) is 11.5 Å². The summed E-state index contributed by atoms with van der Waals surface area (Å²) in [4.78, 5) is 4.79. The topological polar surface area (TPSA) is 21.7 Å². The molecule has 5 rings (SSSR count). The van der Waals surface area contributed by atoms with Gasteiger partial charge in [-0.3, -0.25) is 0 Å². The molecule has 0 saturated heterocycles. The molecule has 1 heterocycles. The first-order chi connectivity index (χ1) is 15.2. The van der Waals surface area contributed by atoms with Gasteiger partial charge in [-0.05, 0) is 70.8 Å². The second-order valence-electron chi connectivity index (χ2n) is 7.48. The lowest BCUT2D eigenvalue weighted by atomic mass is 10.0. The summed E-state index contributed by atoms with van der Waals surface area (Å²) < 4.78 is 10.6. The van der Waals surface area contributed by atoms with Crippen LogP contribution in [0.5, 0.6) is 11.5 Å². The Balaban J connectivity index is 1.49. The highest BCUT2D eigenvalue weighted by Crippen LogP contribution is 2.49. The van der Waals surface area contributed by atoms with Crippen LogP contribution >= 0.6 is 11.8 Å². The van der Waals surface area contributed by atoms with E-state index in [0.29, 0.717) is 0 Å². The lowest BCUT2D eigenvalue weighted by Crippen LogP contribution is -2.14. The molecule has 4 aromatic carbocycles. The highest BCUT2D eigenvalue weighted by molar-refractivity contribution is 7.99. The molecule has 3 nitrogen and oxygen atoms in total. The number of nitrogens with zero attached hydrogens (tertiary/aromatic N) is 1. The Bertz CT molecular complexity index is 1140. The molecule has 0 bridgehead atoms. The van der Waals surface area contributed by atoms with Crippen LogP contribution in [-0.2, 0) is 0 Å². The predicted octanol–water partition coefficient (Wildman–Crippen LogP) is 7.27. The van der Waals surface area contributed by atoms with Gasteiger partial charge in [-0.1, -0.05) is 48.2 Å². The first kappa shape index (κ1) is 19.6. The Kier molecular flexibility index (Phi) is 5.08. The van der Waals surface area contributed by atoms with Crippen molar-refractivity contribution in [1.29, 1.82) is 0 Å². The van der Waals surface area contributed by atoms with E-state index in [2.05, 4.69) is 72.6 Å². The van der Waals surface area contributed by atoms with Gasteiger partial charge in [0.05, 0.1) is 25.6 Å². The first-order valence-corrected chi connectivity index (χ1v) is 11.0. The predicted molar refractivity (Wildman–Crippen MR) is 129 cm³/mol. The number of benzene rings is 4. The molecule has 0 spiro atoms. The SMILES string of the molecule is COc1ccc(-c2ccc3c(c2)Sc2cc(-c4ccc(OC)cc4)ccc2N3C)cc1. The zero-order chi connectivity index (χ0) is 21.4. The van der Waals surface area contributed by atoms with Crippen LogP contribution in [0.15, 0.2) is 94.7 Å². The van der Waals surface area contributed by atoms with Gasteiger partial charge in [0.15, 0.2) is 0 Å². The second kappa shape index (κ2) is 8.05. The van der Waals surface area contributed by atoms with Crippen LogP contribution in [0.4, 0.5) is 11.4 Å². The van der Waals surface area contributed by atoms with Crippen LogP contribution in [0.25, 0.3) is 22.3 Å². The van der Waals surface area contributed by atoms with E-state index in [1.165, 1.54) is 43.4 Å². The van der Waals surface area contributed by atoms with Crippen molar-refractivity contribution in [3.05, 3.63) is 84.9 Å². The van der Waals surface area contributed by atoms with Gasteiger partial charge in [-0.25, -0.2) is 0 Å². The van der Waals surface area contributed by atoms with Crippen molar-refractivity contribution in [3.8, 4) is 33.8 Å². The summed E-state index contributed by atoms with van der Waals surface area (Å²) in [6.07, 6.45) is 0.